The lowest BCUT2D eigenvalue weighted by Gasteiger charge is -2.40. The highest BCUT2D eigenvalue weighted by Crippen LogP contribution is 2.52. The molecule has 2 saturated heterocycles. The van der Waals surface area contributed by atoms with Crippen LogP contribution in [0.3, 0.4) is 0 Å². The average Bonchev–Trinajstić information content (AvgIpc) is 3.10. The topological polar surface area (TPSA) is 45.7 Å². The van der Waals surface area contributed by atoms with E-state index in [9.17, 15) is 4.79 Å². The number of aromatic nitrogens is 1. The van der Waals surface area contributed by atoms with E-state index in [1.165, 1.54) is 29.5 Å². The number of piperidine rings is 1. The van der Waals surface area contributed by atoms with Crippen LogP contribution < -0.4 is 0 Å². The smallest absolute Gasteiger partial charge is 0.223 e. The van der Waals surface area contributed by atoms with Crippen molar-refractivity contribution in [2.24, 2.45) is 0 Å². The zero-order chi connectivity index (χ0) is 20.4. The number of carbonyl (C=O) groups excluding carboxylic acids is 1. The quantitative estimate of drug-likeness (QED) is 0.783. The third-order valence-corrected chi connectivity index (χ3v) is 7.36. The van der Waals surface area contributed by atoms with Gasteiger partial charge in [0, 0.05) is 38.4 Å². The lowest BCUT2D eigenvalue weighted by Crippen LogP contribution is -2.42. The fraction of sp³-hybridized carbons (Fsp3) is 0.520. The molecule has 5 heteroatoms. The number of ether oxygens (including phenoxy) is 1. The van der Waals surface area contributed by atoms with E-state index in [-0.39, 0.29) is 5.41 Å². The minimum atomic E-state index is 0.237. The van der Waals surface area contributed by atoms with E-state index >= 15 is 0 Å². The molecule has 1 aliphatic carbocycles. The third kappa shape index (κ3) is 3.88. The molecule has 2 aromatic rings. The summed E-state index contributed by atoms with van der Waals surface area (Å²) in [6.45, 7) is 6.04. The minimum Gasteiger partial charge on any atom is -0.378 e. The van der Waals surface area contributed by atoms with Crippen LogP contribution in [0.25, 0.3) is 0 Å². The van der Waals surface area contributed by atoms with Gasteiger partial charge in [-0.3, -0.25) is 14.7 Å². The zero-order valence-corrected chi connectivity index (χ0v) is 17.6. The van der Waals surface area contributed by atoms with Gasteiger partial charge in [0.25, 0.3) is 0 Å². The molecular weight excluding hydrogens is 374 g/mol. The van der Waals surface area contributed by atoms with E-state index in [4.69, 9.17) is 4.74 Å². The molecule has 1 spiro atoms. The SMILES string of the molecule is O=C(CC1CC2(CCN(Cc3ccncc3)CC2)c2ccccc21)N1CCOCC1. The lowest BCUT2D eigenvalue weighted by atomic mass is 9.73. The molecule has 5 nitrogen and oxygen atoms in total. The summed E-state index contributed by atoms with van der Waals surface area (Å²) in [6, 6.07) is 13.1. The van der Waals surface area contributed by atoms with E-state index in [1.54, 1.807) is 0 Å². The van der Waals surface area contributed by atoms with Gasteiger partial charge in [0.1, 0.15) is 0 Å². The Labute approximate surface area is 179 Å². The summed E-state index contributed by atoms with van der Waals surface area (Å²) in [5.41, 5.74) is 4.50. The Morgan fingerprint density at radius 2 is 1.77 bits per heavy atom. The number of nitrogens with zero attached hydrogens (tertiary/aromatic N) is 3. The van der Waals surface area contributed by atoms with Crippen molar-refractivity contribution in [1.82, 2.24) is 14.8 Å². The second kappa shape index (κ2) is 8.48. The van der Waals surface area contributed by atoms with Crippen molar-refractivity contribution < 1.29 is 9.53 Å². The van der Waals surface area contributed by atoms with E-state index in [0.29, 0.717) is 31.5 Å². The first kappa shape index (κ1) is 19.7. The van der Waals surface area contributed by atoms with Crippen molar-refractivity contribution in [3.05, 3.63) is 65.5 Å². The highest BCUT2D eigenvalue weighted by atomic mass is 16.5. The van der Waals surface area contributed by atoms with Gasteiger partial charge in [0.2, 0.25) is 5.91 Å². The number of hydrogen-bond acceptors (Lipinski definition) is 4. The normalized spacial score (nSPS) is 23.5. The van der Waals surface area contributed by atoms with Gasteiger partial charge in [-0.15, -0.1) is 0 Å². The summed E-state index contributed by atoms with van der Waals surface area (Å²) < 4.78 is 5.42. The summed E-state index contributed by atoms with van der Waals surface area (Å²) in [4.78, 5) is 21.6. The molecule has 0 N–H and O–H groups in total. The van der Waals surface area contributed by atoms with Crippen molar-refractivity contribution in [2.75, 3.05) is 39.4 Å². The van der Waals surface area contributed by atoms with E-state index in [1.807, 2.05) is 17.3 Å². The molecule has 1 amide bonds. The Hall–Kier alpha value is -2.24. The van der Waals surface area contributed by atoms with Gasteiger partial charge < -0.3 is 9.64 Å². The summed E-state index contributed by atoms with van der Waals surface area (Å²) in [7, 11) is 0. The predicted octanol–water partition coefficient (Wildman–Crippen LogP) is 3.35. The van der Waals surface area contributed by atoms with Gasteiger partial charge in [-0.05, 0) is 72.5 Å². The number of fused-ring (bicyclic) bond motifs is 2. The number of rotatable bonds is 4. The van der Waals surface area contributed by atoms with E-state index in [0.717, 1.165) is 39.1 Å². The standard InChI is InChI=1S/C25H31N3O2/c29-24(28-13-15-30-16-14-28)17-21-18-25(23-4-2-1-3-22(21)23)7-11-27(12-8-25)19-20-5-9-26-10-6-20/h1-6,9-10,21H,7-8,11-19H2. The molecule has 1 atom stereocenters. The second-order valence-corrected chi connectivity index (χ2v) is 9.10. The lowest BCUT2D eigenvalue weighted by molar-refractivity contribution is -0.135. The first-order chi connectivity index (χ1) is 14.7. The molecule has 3 aliphatic rings. The maximum Gasteiger partial charge on any atom is 0.223 e. The van der Waals surface area contributed by atoms with Crippen LogP contribution in [0.4, 0.5) is 0 Å². The van der Waals surface area contributed by atoms with E-state index < -0.39 is 0 Å². The van der Waals surface area contributed by atoms with Gasteiger partial charge in [-0.25, -0.2) is 0 Å². The summed E-state index contributed by atoms with van der Waals surface area (Å²) >= 11 is 0. The van der Waals surface area contributed by atoms with Gasteiger partial charge in [-0.1, -0.05) is 24.3 Å². The zero-order valence-electron chi connectivity index (χ0n) is 17.6. The van der Waals surface area contributed by atoms with Crippen LogP contribution >= 0.6 is 0 Å². The molecule has 0 saturated carbocycles. The summed E-state index contributed by atoms with van der Waals surface area (Å²) in [5, 5.41) is 0. The number of carbonyl (C=O) groups is 1. The molecule has 30 heavy (non-hydrogen) atoms. The Kier molecular flexibility index (Phi) is 5.57. The minimum absolute atomic E-state index is 0.237. The van der Waals surface area contributed by atoms with Crippen LogP contribution in [0.5, 0.6) is 0 Å². The van der Waals surface area contributed by atoms with Crippen molar-refractivity contribution in [3.8, 4) is 0 Å². The maximum absolute atomic E-state index is 12.9. The van der Waals surface area contributed by atoms with Crippen LogP contribution in [-0.4, -0.2) is 60.1 Å². The van der Waals surface area contributed by atoms with Gasteiger partial charge in [0.15, 0.2) is 0 Å². The second-order valence-electron chi connectivity index (χ2n) is 9.10. The van der Waals surface area contributed by atoms with Crippen molar-refractivity contribution >= 4 is 5.91 Å². The van der Waals surface area contributed by atoms with Crippen LogP contribution in [0.15, 0.2) is 48.8 Å². The van der Waals surface area contributed by atoms with Crippen LogP contribution in [0.1, 0.15) is 48.3 Å². The Bertz CT molecular complexity index is 871. The number of hydrogen-bond donors (Lipinski definition) is 0. The summed E-state index contributed by atoms with van der Waals surface area (Å²) in [6.07, 6.45) is 7.87. The van der Waals surface area contributed by atoms with Crippen LogP contribution in [0.2, 0.25) is 0 Å². The Morgan fingerprint density at radius 1 is 1.03 bits per heavy atom. The monoisotopic (exact) mass is 405 g/mol. The Morgan fingerprint density at radius 3 is 2.53 bits per heavy atom. The fourth-order valence-corrected chi connectivity index (χ4v) is 5.72. The number of morpholine rings is 1. The van der Waals surface area contributed by atoms with E-state index in [2.05, 4.69) is 46.3 Å². The van der Waals surface area contributed by atoms with Gasteiger partial charge in [0.05, 0.1) is 13.2 Å². The molecule has 5 rings (SSSR count). The number of benzene rings is 1. The van der Waals surface area contributed by atoms with Crippen LogP contribution in [0, 0.1) is 0 Å². The fourth-order valence-electron chi connectivity index (χ4n) is 5.72. The summed E-state index contributed by atoms with van der Waals surface area (Å²) in [5.74, 6) is 0.647. The highest BCUT2D eigenvalue weighted by molar-refractivity contribution is 5.77. The largest absolute Gasteiger partial charge is 0.378 e. The van der Waals surface area contributed by atoms with Crippen molar-refractivity contribution in [3.63, 3.8) is 0 Å². The predicted molar refractivity (Wildman–Crippen MR) is 116 cm³/mol. The first-order valence-corrected chi connectivity index (χ1v) is 11.3. The van der Waals surface area contributed by atoms with Gasteiger partial charge in [-0.2, -0.15) is 0 Å². The number of likely N-dealkylation sites (tertiary alicyclic amines) is 1. The molecule has 1 aromatic carbocycles. The van der Waals surface area contributed by atoms with Crippen LogP contribution in [-0.2, 0) is 21.5 Å². The van der Waals surface area contributed by atoms with Crippen molar-refractivity contribution in [1.29, 1.82) is 0 Å². The molecule has 2 aliphatic heterocycles. The average molecular weight is 406 g/mol. The Balaban J connectivity index is 1.28. The molecule has 3 heterocycles. The molecule has 1 unspecified atom stereocenters. The molecule has 2 fully saturated rings. The van der Waals surface area contributed by atoms with Gasteiger partial charge >= 0.3 is 0 Å². The van der Waals surface area contributed by atoms with Crippen molar-refractivity contribution in [2.45, 2.75) is 43.6 Å². The molecule has 158 valence electrons. The first-order valence-electron chi connectivity index (χ1n) is 11.3. The molecule has 1 aromatic heterocycles. The molecule has 0 bridgehead atoms. The number of amides is 1. The highest BCUT2D eigenvalue weighted by Gasteiger charge is 2.45. The molecular formula is C25H31N3O2. The maximum atomic E-state index is 12.9. The number of pyridine rings is 1. The molecule has 0 radical (unpaired) electrons. The third-order valence-electron chi connectivity index (χ3n) is 7.36.